The number of aromatic nitrogens is 2. The monoisotopic (exact) mass is 292 g/mol. The van der Waals surface area contributed by atoms with Crippen LogP contribution in [0.2, 0.25) is 0 Å². The van der Waals surface area contributed by atoms with Gasteiger partial charge in [0.1, 0.15) is 12.1 Å². The summed E-state index contributed by atoms with van der Waals surface area (Å²) in [6.45, 7) is 0. The molecule has 1 aliphatic carbocycles. The van der Waals surface area contributed by atoms with E-state index < -0.39 is 0 Å². The van der Waals surface area contributed by atoms with Crippen molar-refractivity contribution in [3.63, 3.8) is 0 Å². The Morgan fingerprint density at radius 2 is 1.68 bits per heavy atom. The van der Waals surface area contributed by atoms with Gasteiger partial charge in [-0.05, 0) is 54.7 Å². The number of halogens is 1. The second kappa shape index (κ2) is 5.48. The molecule has 0 atom stereocenters. The summed E-state index contributed by atoms with van der Waals surface area (Å²) in [6, 6.07) is 13.0. The smallest absolute Gasteiger partial charge is 0.123 e. The van der Waals surface area contributed by atoms with Crippen LogP contribution in [0.3, 0.4) is 0 Å². The normalized spacial score (nSPS) is 15.5. The predicted octanol–water partition coefficient (Wildman–Crippen LogP) is 5.09. The van der Waals surface area contributed by atoms with Gasteiger partial charge in [0, 0.05) is 10.9 Å². The zero-order valence-corrected chi connectivity index (χ0v) is 12.3. The van der Waals surface area contributed by atoms with Gasteiger partial charge in [0.2, 0.25) is 0 Å². The molecule has 0 radical (unpaired) electrons. The average Bonchev–Trinajstić information content (AvgIpc) is 3.09. The van der Waals surface area contributed by atoms with Crippen molar-refractivity contribution in [3.05, 3.63) is 60.2 Å². The number of fused-ring (bicyclic) bond motifs is 1. The Bertz CT molecular complexity index is 805. The molecule has 1 aromatic heterocycles. The second-order valence-corrected chi connectivity index (χ2v) is 5.99. The van der Waals surface area contributed by atoms with E-state index in [1.807, 2.05) is 0 Å². The number of rotatable bonds is 2. The molecule has 1 heterocycles. The molecule has 1 aliphatic rings. The van der Waals surface area contributed by atoms with E-state index in [0.29, 0.717) is 5.92 Å². The maximum atomic E-state index is 13.1. The first-order chi connectivity index (χ1) is 10.8. The SMILES string of the molecule is Fc1ccc(-c2ncnc3cc(C4CCCC4)ccc23)cc1. The maximum absolute atomic E-state index is 13.1. The predicted molar refractivity (Wildman–Crippen MR) is 86.1 cm³/mol. The van der Waals surface area contributed by atoms with Crippen LogP contribution in [0.4, 0.5) is 4.39 Å². The summed E-state index contributed by atoms with van der Waals surface area (Å²) in [4.78, 5) is 8.83. The van der Waals surface area contributed by atoms with Crippen molar-refractivity contribution >= 4 is 10.9 Å². The van der Waals surface area contributed by atoms with Crippen molar-refractivity contribution < 1.29 is 4.39 Å². The van der Waals surface area contributed by atoms with Gasteiger partial charge in [0.05, 0.1) is 11.2 Å². The van der Waals surface area contributed by atoms with Gasteiger partial charge >= 0.3 is 0 Å². The van der Waals surface area contributed by atoms with Gasteiger partial charge < -0.3 is 0 Å². The first-order valence-electron chi connectivity index (χ1n) is 7.82. The standard InChI is InChI=1S/C19H17FN2/c20-16-8-5-14(6-9-16)19-17-10-7-15(13-3-1-2-4-13)11-18(17)21-12-22-19/h5-13H,1-4H2. The highest BCUT2D eigenvalue weighted by atomic mass is 19.1. The molecule has 0 unspecified atom stereocenters. The molecule has 2 nitrogen and oxygen atoms in total. The fourth-order valence-corrected chi connectivity index (χ4v) is 3.42. The van der Waals surface area contributed by atoms with Crippen LogP contribution in [0, 0.1) is 5.82 Å². The van der Waals surface area contributed by atoms with E-state index in [1.54, 1.807) is 18.5 Å². The highest BCUT2D eigenvalue weighted by Gasteiger charge is 2.18. The molecule has 0 bridgehead atoms. The molecule has 22 heavy (non-hydrogen) atoms. The maximum Gasteiger partial charge on any atom is 0.123 e. The van der Waals surface area contributed by atoms with Gasteiger partial charge in [0.25, 0.3) is 0 Å². The highest BCUT2D eigenvalue weighted by molar-refractivity contribution is 5.92. The van der Waals surface area contributed by atoms with E-state index in [4.69, 9.17) is 0 Å². The Morgan fingerprint density at radius 3 is 2.45 bits per heavy atom. The lowest BCUT2D eigenvalue weighted by atomic mass is 9.95. The Labute approximate surface area is 129 Å². The summed E-state index contributed by atoms with van der Waals surface area (Å²) in [5.41, 5.74) is 4.14. The van der Waals surface area contributed by atoms with Crippen molar-refractivity contribution in [1.29, 1.82) is 0 Å². The van der Waals surface area contributed by atoms with E-state index in [0.717, 1.165) is 22.2 Å². The van der Waals surface area contributed by atoms with Crippen molar-refractivity contribution in [2.75, 3.05) is 0 Å². The van der Waals surface area contributed by atoms with Crippen LogP contribution >= 0.6 is 0 Å². The molecule has 3 heteroatoms. The number of hydrogen-bond donors (Lipinski definition) is 0. The molecule has 0 aliphatic heterocycles. The quantitative estimate of drug-likeness (QED) is 0.657. The van der Waals surface area contributed by atoms with Gasteiger partial charge in [-0.15, -0.1) is 0 Å². The number of benzene rings is 2. The fourth-order valence-electron chi connectivity index (χ4n) is 3.42. The zero-order chi connectivity index (χ0) is 14.9. The zero-order valence-electron chi connectivity index (χ0n) is 12.3. The van der Waals surface area contributed by atoms with E-state index in [2.05, 4.69) is 28.2 Å². The van der Waals surface area contributed by atoms with Crippen LogP contribution in [0.15, 0.2) is 48.8 Å². The number of nitrogens with zero attached hydrogens (tertiary/aromatic N) is 2. The molecule has 110 valence electrons. The highest BCUT2D eigenvalue weighted by Crippen LogP contribution is 2.36. The minimum atomic E-state index is -0.231. The molecule has 1 fully saturated rings. The lowest BCUT2D eigenvalue weighted by Gasteiger charge is -2.11. The van der Waals surface area contributed by atoms with Crippen molar-refractivity contribution in [1.82, 2.24) is 9.97 Å². The lowest BCUT2D eigenvalue weighted by Crippen LogP contribution is -1.94. The molecule has 0 spiro atoms. The van der Waals surface area contributed by atoms with Crippen molar-refractivity contribution in [3.8, 4) is 11.3 Å². The lowest BCUT2D eigenvalue weighted by molar-refractivity contribution is 0.628. The Hall–Kier alpha value is -2.29. The Kier molecular flexibility index (Phi) is 3.34. The third-order valence-electron chi connectivity index (χ3n) is 4.60. The second-order valence-electron chi connectivity index (χ2n) is 5.99. The van der Waals surface area contributed by atoms with E-state index in [9.17, 15) is 4.39 Å². The van der Waals surface area contributed by atoms with Crippen molar-refractivity contribution in [2.45, 2.75) is 31.6 Å². The fraction of sp³-hybridized carbons (Fsp3) is 0.263. The van der Waals surface area contributed by atoms with Gasteiger partial charge in [-0.1, -0.05) is 25.0 Å². The third kappa shape index (κ3) is 2.37. The van der Waals surface area contributed by atoms with E-state index in [-0.39, 0.29) is 5.82 Å². The Balaban J connectivity index is 1.81. The van der Waals surface area contributed by atoms with Crippen LogP contribution in [0.25, 0.3) is 22.2 Å². The molecular formula is C19H17FN2. The molecule has 2 aromatic carbocycles. The van der Waals surface area contributed by atoms with E-state index >= 15 is 0 Å². The van der Waals surface area contributed by atoms with Crippen LogP contribution in [0.5, 0.6) is 0 Å². The van der Waals surface area contributed by atoms with Crippen molar-refractivity contribution in [2.24, 2.45) is 0 Å². The first-order valence-corrected chi connectivity index (χ1v) is 7.82. The van der Waals surface area contributed by atoms with Gasteiger partial charge in [-0.25, -0.2) is 14.4 Å². The molecule has 4 rings (SSSR count). The first kappa shape index (κ1) is 13.4. The minimum absolute atomic E-state index is 0.231. The molecule has 3 aromatic rings. The summed E-state index contributed by atoms with van der Waals surface area (Å²) in [7, 11) is 0. The topological polar surface area (TPSA) is 25.8 Å². The molecule has 0 N–H and O–H groups in total. The molecule has 0 amide bonds. The molecule has 1 saturated carbocycles. The van der Waals surface area contributed by atoms with Crippen LogP contribution in [0.1, 0.15) is 37.2 Å². The molecule has 0 saturated heterocycles. The van der Waals surface area contributed by atoms with Crippen LogP contribution < -0.4 is 0 Å². The minimum Gasteiger partial charge on any atom is -0.236 e. The number of hydrogen-bond acceptors (Lipinski definition) is 2. The molecular weight excluding hydrogens is 275 g/mol. The average molecular weight is 292 g/mol. The third-order valence-corrected chi connectivity index (χ3v) is 4.60. The largest absolute Gasteiger partial charge is 0.236 e. The summed E-state index contributed by atoms with van der Waals surface area (Å²) >= 11 is 0. The van der Waals surface area contributed by atoms with Crippen LogP contribution in [-0.2, 0) is 0 Å². The van der Waals surface area contributed by atoms with Gasteiger partial charge in [-0.3, -0.25) is 0 Å². The van der Waals surface area contributed by atoms with Crippen LogP contribution in [-0.4, -0.2) is 9.97 Å². The van der Waals surface area contributed by atoms with E-state index in [1.165, 1.54) is 43.4 Å². The summed E-state index contributed by atoms with van der Waals surface area (Å²) < 4.78 is 13.1. The van der Waals surface area contributed by atoms with Gasteiger partial charge in [0.15, 0.2) is 0 Å². The summed E-state index contributed by atoms with van der Waals surface area (Å²) in [5, 5.41) is 1.02. The summed E-state index contributed by atoms with van der Waals surface area (Å²) in [5.74, 6) is 0.444. The summed E-state index contributed by atoms with van der Waals surface area (Å²) in [6.07, 6.45) is 6.81. The van der Waals surface area contributed by atoms with Gasteiger partial charge in [-0.2, -0.15) is 0 Å². The Morgan fingerprint density at radius 1 is 0.909 bits per heavy atom.